The highest BCUT2D eigenvalue weighted by Gasteiger charge is 2.32. The molecule has 0 bridgehead atoms. The van der Waals surface area contributed by atoms with Gasteiger partial charge in [-0.25, -0.2) is 0 Å². The molecule has 0 aromatic heterocycles. The molecule has 2 rings (SSSR count). The number of hydrogen-bond acceptors (Lipinski definition) is 5. The monoisotopic (exact) mass is 445 g/mol. The molecule has 1 N–H and O–H groups in total. The Hall–Kier alpha value is -3.80. The molecule has 168 valence electrons. The highest BCUT2D eigenvalue weighted by Crippen LogP contribution is 2.31. The minimum atomic E-state index is -4.50. The lowest BCUT2D eigenvalue weighted by atomic mass is 9.98. The first kappa shape index (κ1) is 24.5. The third-order valence-electron chi connectivity index (χ3n) is 4.31. The molecular formula is C23H22F3N3O3. The number of oxime groups is 2. The molecule has 2 aromatic rings. The number of nitrogens with zero attached hydrogens (tertiary/aromatic N) is 2. The Labute approximate surface area is 184 Å². The summed E-state index contributed by atoms with van der Waals surface area (Å²) in [5, 5.41) is 10.2. The summed E-state index contributed by atoms with van der Waals surface area (Å²) < 4.78 is 39.2. The van der Waals surface area contributed by atoms with Gasteiger partial charge in [-0.3, -0.25) is 4.79 Å². The van der Waals surface area contributed by atoms with Crippen LogP contribution in [-0.2, 0) is 27.3 Å². The van der Waals surface area contributed by atoms with Crippen LogP contribution in [-0.4, -0.2) is 31.5 Å². The first-order valence-electron chi connectivity index (χ1n) is 9.46. The number of carbonyl (C=O) groups is 1. The van der Waals surface area contributed by atoms with Gasteiger partial charge in [-0.1, -0.05) is 46.6 Å². The van der Waals surface area contributed by atoms with Crippen molar-refractivity contribution in [3.05, 3.63) is 70.3 Å². The SMILES string of the molecule is CNC(=O)/C(=N/OC)c1cccc(C)c1CO/N=C(\C)C#Cc1ccccc1C(F)(F)F. The number of benzene rings is 2. The zero-order valence-corrected chi connectivity index (χ0v) is 18.0. The number of rotatable bonds is 6. The summed E-state index contributed by atoms with van der Waals surface area (Å²) in [7, 11) is 2.81. The lowest BCUT2D eigenvalue weighted by molar-refractivity contribution is -0.137. The lowest BCUT2D eigenvalue weighted by Crippen LogP contribution is -2.29. The number of carbonyl (C=O) groups excluding carboxylic acids is 1. The average molecular weight is 445 g/mol. The Morgan fingerprint density at radius 2 is 1.84 bits per heavy atom. The molecule has 0 atom stereocenters. The van der Waals surface area contributed by atoms with Crippen molar-refractivity contribution in [2.24, 2.45) is 10.3 Å². The van der Waals surface area contributed by atoms with Gasteiger partial charge >= 0.3 is 6.18 Å². The number of alkyl halides is 3. The van der Waals surface area contributed by atoms with E-state index in [2.05, 4.69) is 27.5 Å². The van der Waals surface area contributed by atoms with E-state index in [1.165, 1.54) is 39.3 Å². The predicted molar refractivity (Wildman–Crippen MR) is 115 cm³/mol. The second kappa shape index (κ2) is 11.0. The van der Waals surface area contributed by atoms with E-state index in [1.54, 1.807) is 12.1 Å². The first-order chi connectivity index (χ1) is 15.2. The number of hydrogen-bond donors (Lipinski definition) is 1. The molecule has 0 radical (unpaired) electrons. The highest BCUT2D eigenvalue weighted by molar-refractivity contribution is 6.45. The van der Waals surface area contributed by atoms with Crippen molar-refractivity contribution in [1.82, 2.24) is 5.32 Å². The van der Waals surface area contributed by atoms with Gasteiger partial charge < -0.3 is 15.0 Å². The Morgan fingerprint density at radius 3 is 2.50 bits per heavy atom. The van der Waals surface area contributed by atoms with Crippen LogP contribution in [0.25, 0.3) is 0 Å². The summed E-state index contributed by atoms with van der Waals surface area (Å²) >= 11 is 0. The standard InChI is InChI=1S/C23H22F3N3O3/c1-15-8-7-10-18(21(29-31-4)22(30)27-3)19(15)14-32-28-16(2)12-13-17-9-5-6-11-20(17)23(24,25)26/h5-11H,14H2,1-4H3,(H,27,30)/b28-16+,29-21+. The average Bonchev–Trinajstić information content (AvgIpc) is 2.76. The maximum Gasteiger partial charge on any atom is 0.417 e. The summed E-state index contributed by atoms with van der Waals surface area (Å²) in [6.07, 6.45) is -4.50. The third-order valence-corrected chi connectivity index (χ3v) is 4.31. The zero-order valence-electron chi connectivity index (χ0n) is 18.0. The molecule has 0 saturated carbocycles. The number of likely N-dealkylation sites (N-methyl/N-ethyl adjacent to an activating group) is 1. The number of aryl methyl sites for hydroxylation is 1. The maximum absolute atomic E-state index is 13.1. The van der Waals surface area contributed by atoms with E-state index >= 15 is 0 Å². The van der Waals surface area contributed by atoms with Crippen molar-refractivity contribution in [3.63, 3.8) is 0 Å². The summed E-state index contributed by atoms with van der Waals surface area (Å²) in [5.74, 6) is 4.61. The van der Waals surface area contributed by atoms with E-state index < -0.39 is 17.6 Å². The quantitative estimate of drug-likeness (QED) is 0.414. The Bertz CT molecular complexity index is 1100. The van der Waals surface area contributed by atoms with Crippen LogP contribution in [0, 0.1) is 18.8 Å². The van der Waals surface area contributed by atoms with E-state index in [9.17, 15) is 18.0 Å². The van der Waals surface area contributed by atoms with Crippen LogP contribution in [0.5, 0.6) is 0 Å². The van der Waals surface area contributed by atoms with Gasteiger partial charge in [0.1, 0.15) is 19.4 Å². The van der Waals surface area contributed by atoms with Crippen LogP contribution < -0.4 is 5.32 Å². The predicted octanol–water partition coefficient (Wildman–Crippen LogP) is 4.05. The van der Waals surface area contributed by atoms with Crippen molar-refractivity contribution in [2.45, 2.75) is 26.6 Å². The van der Waals surface area contributed by atoms with Crippen molar-refractivity contribution in [2.75, 3.05) is 14.2 Å². The topological polar surface area (TPSA) is 72.3 Å². The van der Waals surface area contributed by atoms with E-state index in [0.29, 0.717) is 11.1 Å². The molecular weight excluding hydrogens is 423 g/mol. The van der Waals surface area contributed by atoms with E-state index in [4.69, 9.17) is 9.68 Å². The normalized spacial score (nSPS) is 12.0. The molecule has 0 aliphatic rings. The molecule has 0 spiro atoms. The Balaban J connectivity index is 2.24. The third kappa shape index (κ3) is 6.35. The van der Waals surface area contributed by atoms with Crippen LogP contribution >= 0.6 is 0 Å². The van der Waals surface area contributed by atoms with Crippen molar-refractivity contribution < 1.29 is 27.6 Å². The number of halogens is 3. The van der Waals surface area contributed by atoms with Crippen molar-refractivity contribution in [3.8, 4) is 11.8 Å². The van der Waals surface area contributed by atoms with Gasteiger partial charge in [-0.2, -0.15) is 13.2 Å². The van der Waals surface area contributed by atoms with E-state index in [1.807, 2.05) is 13.0 Å². The molecule has 32 heavy (non-hydrogen) atoms. The number of amides is 1. The molecule has 0 unspecified atom stereocenters. The van der Waals surface area contributed by atoms with Crippen LogP contribution in [0.15, 0.2) is 52.8 Å². The number of nitrogens with one attached hydrogen (secondary N) is 1. The fourth-order valence-electron chi connectivity index (χ4n) is 2.75. The summed E-state index contributed by atoms with van der Waals surface area (Å²) in [6.45, 7) is 3.34. The first-order valence-corrected chi connectivity index (χ1v) is 9.46. The summed E-state index contributed by atoms with van der Waals surface area (Å²) in [4.78, 5) is 22.3. The summed E-state index contributed by atoms with van der Waals surface area (Å²) in [5.41, 5.74) is 1.28. The molecule has 6 nitrogen and oxygen atoms in total. The smallest absolute Gasteiger partial charge is 0.398 e. The molecule has 0 saturated heterocycles. The summed E-state index contributed by atoms with van der Waals surface area (Å²) in [6, 6.07) is 10.3. The van der Waals surface area contributed by atoms with Gasteiger partial charge in [-0.05, 0) is 37.5 Å². The van der Waals surface area contributed by atoms with Gasteiger partial charge in [0, 0.05) is 23.7 Å². The van der Waals surface area contributed by atoms with Crippen molar-refractivity contribution >= 4 is 17.3 Å². The molecule has 0 heterocycles. The van der Waals surface area contributed by atoms with Gasteiger partial charge in [0.25, 0.3) is 5.91 Å². The molecule has 0 fully saturated rings. The van der Waals surface area contributed by atoms with Crippen LogP contribution in [0.4, 0.5) is 13.2 Å². The van der Waals surface area contributed by atoms with E-state index in [0.717, 1.165) is 11.6 Å². The van der Waals surface area contributed by atoms with Gasteiger partial charge in [0.15, 0.2) is 5.71 Å². The van der Waals surface area contributed by atoms with Crippen LogP contribution in [0.3, 0.4) is 0 Å². The van der Waals surface area contributed by atoms with Gasteiger partial charge in [-0.15, -0.1) is 0 Å². The lowest BCUT2D eigenvalue weighted by Gasteiger charge is -2.12. The zero-order chi connectivity index (χ0) is 23.7. The largest absolute Gasteiger partial charge is 0.417 e. The van der Waals surface area contributed by atoms with Gasteiger partial charge in [0.2, 0.25) is 0 Å². The van der Waals surface area contributed by atoms with Crippen LogP contribution in [0.2, 0.25) is 0 Å². The molecule has 9 heteroatoms. The maximum atomic E-state index is 13.1. The second-order valence-corrected chi connectivity index (χ2v) is 6.55. The molecule has 2 aromatic carbocycles. The van der Waals surface area contributed by atoms with Gasteiger partial charge in [0.05, 0.1) is 5.56 Å². The fourth-order valence-corrected chi connectivity index (χ4v) is 2.75. The molecule has 0 aliphatic heterocycles. The minimum absolute atomic E-state index is 0.0140. The Kier molecular flexibility index (Phi) is 8.41. The molecule has 1 amide bonds. The van der Waals surface area contributed by atoms with Crippen molar-refractivity contribution in [1.29, 1.82) is 0 Å². The van der Waals surface area contributed by atoms with Crippen LogP contribution in [0.1, 0.15) is 34.7 Å². The van der Waals surface area contributed by atoms with E-state index in [-0.39, 0.29) is 23.6 Å². The molecule has 0 aliphatic carbocycles. The fraction of sp³-hybridized carbons (Fsp3) is 0.261. The highest BCUT2D eigenvalue weighted by atomic mass is 19.4. The Morgan fingerprint density at radius 1 is 1.12 bits per heavy atom. The minimum Gasteiger partial charge on any atom is -0.398 e. The second-order valence-electron chi connectivity index (χ2n) is 6.55.